The lowest BCUT2D eigenvalue weighted by atomic mass is 9.88. The molecule has 1 aromatic carbocycles. The summed E-state index contributed by atoms with van der Waals surface area (Å²) in [6.45, 7) is 11.9. The lowest BCUT2D eigenvalue weighted by Gasteiger charge is -2.34. The van der Waals surface area contributed by atoms with Gasteiger partial charge in [0, 0.05) is 38.1 Å². The van der Waals surface area contributed by atoms with Gasteiger partial charge in [-0.2, -0.15) is 5.26 Å². The molecule has 9 nitrogen and oxygen atoms in total. The van der Waals surface area contributed by atoms with E-state index in [2.05, 4.69) is 27.3 Å². The van der Waals surface area contributed by atoms with Crippen LogP contribution in [0.15, 0.2) is 24.4 Å². The molecule has 5 rings (SSSR count). The van der Waals surface area contributed by atoms with E-state index in [1.807, 2.05) is 46.0 Å². The first-order chi connectivity index (χ1) is 17.7. The second-order valence-electron chi connectivity index (χ2n) is 10.9. The highest BCUT2D eigenvalue weighted by molar-refractivity contribution is 5.76. The minimum absolute atomic E-state index is 0.227. The largest absolute Gasteiger partial charge is 0.482 e. The fraction of sp³-hybridized carbons (Fsp3) is 0.536. The van der Waals surface area contributed by atoms with Gasteiger partial charge in [0.1, 0.15) is 23.6 Å². The van der Waals surface area contributed by atoms with Crippen LogP contribution >= 0.6 is 0 Å². The maximum Gasteiger partial charge on any atom is 0.410 e. The van der Waals surface area contributed by atoms with Crippen molar-refractivity contribution in [3.8, 4) is 11.8 Å². The van der Waals surface area contributed by atoms with Gasteiger partial charge in [-0.15, -0.1) is 0 Å². The van der Waals surface area contributed by atoms with Crippen LogP contribution in [0.1, 0.15) is 69.2 Å². The summed E-state index contributed by atoms with van der Waals surface area (Å²) in [5, 5.41) is 13.5. The van der Waals surface area contributed by atoms with Crippen molar-refractivity contribution in [3.05, 3.63) is 41.1 Å². The summed E-state index contributed by atoms with van der Waals surface area (Å²) >= 11 is 0. The van der Waals surface area contributed by atoms with Crippen LogP contribution in [0, 0.1) is 11.3 Å². The molecule has 3 aliphatic heterocycles. The number of nitrogens with zero attached hydrogens (tertiary/aromatic N) is 4. The summed E-state index contributed by atoms with van der Waals surface area (Å²) in [4.78, 5) is 21.2. The van der Waals surface area contributed by atoms with E-state index >= 15 is 0 Å². The second-order valence-corrected chi connectivity index (χ2v) is 10.9. The predicted molar refractivity (Wildman–Crippen MR) is 141 cm³/mol. The third-order valence-electron chi connectivity index (χ3n) is 7.12. The average molecular weight is 506 g/mol. The standard InChI is InChI=1S/C28H35N5O4/c1-18-24-23(32-11-13-35-14-12-32)5-8-30-26(24)31-22-16-20(15-21(17-29)25(22)36-18)19-6-9-33(10-7-19)27(34)37-28(2,3)4/h5,8,15-16,18-19H,6-7,9-14H2,1-4H3,(H,30,31). The minimum Gasteiger partial charge on any atom is -0.482 e. The number of anilines is 3. The molecule has 0 bridgehead atoms. The lowest BCUT2D eigenvalue weighted by molar-refractivity contribution is 0.0205. The number of hydrogen-bond donors (Lipinski definition) is 1. The van der Waals surface area contributed by atoms with Crippen molar-refractivity contribution in [2.24, 2.45) is 0 Å². The van der Waals surface area contributed by atoms with Gasteiger partial charge in [0.15, 0.2) is 5.75 Å². The molecule has 2 saturated heterocycles. The number of carbonyl (C=O) groups excluding carboxylic acids is 1. The Morgan fingerprint density at radius 1 is 1.19 bits per heavy atom. The fourth-order valence-corrected chi connectivity index (χ4v) is 5.32. The van der Waals surface area contributed by atoms with Crippen molar-refractivity contribution >= 4 is 23.3 Å². The van der Waals surface area contributed by atoms with Gasteiger partial charge in [0.05, 0.1) is 30.0 Å². The zero-order chi connectivity index (χ0) is 26.2. The van der Waals surface area contributed by atoms with Crippen LogP contribution in [-0.4, -0.2) is 61.0 Å². The van der Waals surface area contributed by atoms with Crippen LogP contribution in [0.4, 0.5) is 22.0 Å². The molecule has 37 heavy (non-hydrogen) atoms. The fourth-order valence-electron chi connectivity index (χ4n) is 5.32. The number of likely N-dealkylation sites (tertiary alicyclic amines) is 1. The van der Waals surface area contributed by atoms with Gasteiger partial charge in [-0.25, -0.2) is 9.78 Å². The Hall–Kier alpha value is -3.51. The molecule has 0 radical (unpaired) electrons. The molecule has 1 N–H and O–H groups in total. The number of fused-ring (bicyclic) bond motifs is 2. The van der Waals surface area contributed by atoms with E-state index < -0.39 is 5.60 Å². The molecule has 2 fully saturated rings. The minimum atomic E-state index is -0.512. The summed E-state index contributed by atoms with van der Waals surface area (Å²) < 4.78 is 17.5. The Kier molecular flexibility index (Phi) is 6.86. The number of nitrogens with one attached hydrogen (secondary N) is 1. The van der Waals surface area contributed by atoms with E-state index in [-0.39, 0.29) is 18.1 Å². The molecule has 0 spiro atoms. The van der Waals surface area contributed by atoms with E-state index in [1.165, 1.54) is 0 Å². The van der Waals surface area contributed by atoms with Gasteiger partial charge in [-0.1, -0.05) is 0 Å². The van der Waals surface area contributed by atoms with Crippen LogP contribution in [0.2, 0.25) is 0 Å². The Balaban J connectivity index is 1.40. The van der Waals surface area contributed by atoms with E-state index in [0.717, 1.165) is 54.3 Å². The average Bonchev–Trinajstić information content (AvgIpc) is 3.03. The number of hydrogen-bond acceptors (Lipinski definition) is 8. The van der Waals surface area contributed by atoms with Crippen molar-refractivity contribution in [1.82, 2.24) is 9.88 Å². The van der Waals surface area contributed by atoms with Crippen molar-refractivity contribution in [2.75, 3.05) is 49.6 Å². The van der Waals surface area contributed by atoms with Crippen LogP contribution in [0.3, 0.4) is 0 Å². The van der Waals surface area contributed by atoms with Crippen LogP contribution in [0.25, 0.3) is 0 Å². The van der Waals surface area contributed by atoms with Gasteiger partial charge >= 0.3 is 6.09 Å². The molecule has 0 aliphatic carbocycles. The summed E-state index contributed by atoms with van der Waals surface area (Å²) in [6, 6.07) is 8.38. The van der Waals surface area contributed by atoms with Gasteiger partial charge in [-0.05, 0) is 70.2 Å². The number of morpholine rings is 1. The van der Waals surface area contributed by atoms with Crippen molar-refractivity contribution in [2.45, 2.75) is 58.2 Å². The number of piperidine rings is 1. The molecule has 9 heteroatoms. The molecule has 3 aliphatic rings. The molecule has 1 unspecified atom stereocenters. The second kappa shape index (κ2) is 10.1. The van der Waals surface area contributed by atoms with E-state index in [0.29, 0.717) is 37.6 Å². The van der Waals surface area contributed by atoms with E-state index in [1.54, 1.807) is 4.90 Å². The molecule has 1 atom stereocenters. The number of rotatable bonds is 2. The third kappa shape index (κ3) is 5.30. The maximum absolute atomic E-state index is 12.5. The molecule has 2 aromatic rings. The van der Waals surface area contributed by atoms with Gasteiger partial charge in [-0.3, -0.25) is 0 Å². The summed E-state index contributed by atoms with van der Waals surface area (Å²) in [6.07, 6.45) is 2.86. The Morgan fingerprint density at radius 3 is 2.59 bits per heavy atom. The molecule has 1 aromatic heterocycles. The van der Waals surface area contributed by atoms with E-state index in [9.17, 15) is 10.1 Å². The number of ether oxygens (including phenoxy) is 3. The SMILES string of the molecule is CC1Oc2c(C#N)cc(C3CCN(C(=O)OC(C)(C)C)CC3)cc2Nc2nccc(N3CCOCC3)c21. The molecular formula is C28H35N5O4. The number of amides is 1. The Labute approximate surface area is 218 Å². The zero-order valence-corrected chi connectivity index (χ0v) is 22.0. The first-order valence-electron chi connectivity index (χ1n) is 13.0. The van der Waals surface area contributed by atoms with Crippen LogP contribution < -0.4 is 15.0 Å². The topological polar surface area (TPSA) is 100.0 Å². The smallest absolute Gasteiger partial charge is 0.410 e. The first-order valence-corrected chi connectivity index (χ1v) is 13.0. The molecule has 196 valence electrons. The highest BCUT2D eigenvalue weighted by atomic mass is 16.6. The number of pyridine rings is 1. The molecule has 1 amide bonds. The van der Waals surface area contributed by atoms with Crippen LogP contribution in [-0.2, 0) is 9.47 Å². The zero-order valence-electron chi connectivity index (χ0n) is 22.0. The number of benzene rings is 1. The van der Waals surface area contributed by atoms with Gasteiger partial charge < -0.3 is 29.3 Å². The monoisotopic (exact) mass is 505 g/mol. The normalized spacial score (nSPS) is 20.0. The maximum atomic E-state index is 12.5. The van der Waals surface area contributed by atoms with Crippen molar-refractivity contribution in [3.63, 3.8) is 0 Å². The predicted octanol–water partition coefficient (Wildman–Crippen LogP) is 5.10. The first kappa shape index (κ1) is 25.2. The molecular weight excluding hydrogens is 470 g/mol. The number of nitriles is 1. The highest BCUT2D eigenvalue weighted by Gasteiger charge is 2.31. The quantitative estimate of drug-likeness (QED) is 0.602. The molecule has 0 saturated carbocycles. The van der Waals surface area contributed by atoms with Gasteiger partial charge in [0.2, 0.25) is 0 Å². The molecule has 4 heterocycles. The summed E-state index contributed by atoms with van der Waals surface area (Å²) in [5.74, 6) is 1.53. The highest BCUT2D eigenvalue weighted by Crippen LogP contribution is 2.45. The van der Waals surface area contributed by atoms with Crippen molar-refractivity contribution < 1.29 is 19.0 Å². The Morgan fingerprint density at radius 2 is 1.92 bits per heavy atom. The van der Waals surface area contributed by atoms with Crippen molar-refractivity contribution in [1.29, 1.82) is 5.26 Å². The Bertz CT molecular complexity index is 1200. The lowest BCUT2D eigenvalue weighted by Crippen LogP contribution is -2.41. The summed E-state index contributed by atoms with van der Waals surface area (Å²) in [5.41, 5.74) is 3.87. The van der Waals surface area contributed by atoms with E-state index in [4.69, 9.17) is 14.2 Å². The van der Waals surface area contributed by atoms with Gasteiger partial charge in [0.25, 0.3) is 0 Å². The number of carbonyl (C=O) groups is 1. The van der Waals surface area contributed by atoms with Crippen LogP contribution in [0.5, 0.6) is 5.75 Å². The number of aromatic nitrogens is 1. The third-order valence-corrected chi connectivity index (χ3v) is 7.12. The summed E-state index contributed by atoms with van der Waals surface area (Å²) in [7, 11) is 0.